The molecule has 0 fully saturated rings. The molecular weight excluding hydrogens is 284 g/mol. The van der Waals surface area contributed by atoms with E-state index in [4.69, 9.17) is 4.74 Å². The van der Waals surface area contributed by atoms with E-state index in [0.29, 0.717) is 5.57 Å². The summed E-state index contributed by atoms with van der Waals surface area (Å²) in [5, 5.41) is 0. The van der Waals surface area contributed by atoms with E-state index in [1.165, 1.54) is 11.1 Å². The molecule has 23 heavy (non-hydrogen) atoms. The Balaban J connectivity index is 2.29. The fraction of sp³-hybridized carbons (Fsp3) is 0.286. The normalized spacial score (nSPS) is 14.8. The van der Waals surface area contributed by atoms with Crippen LogP contribution >= 0.6 is 0 Å². The molecule has 2 aromatic carbocycles. The molecule has 118 valence electrons. The second-order valence-electron chi connectivity index (χ2n) is 6.55. The smallest absolute Gasteiger partial charge is 0.334 e. The van der Waals surface area contributed by atoms with Crippen molar-refractivity contribution in [3.8, 4) is 0 Å². The third-order valence-electron chi connectivity index (χ3n) is 4.63. The number of rotatable bonds is 3. The highest BCUT2D eigenvalue weighted by Crippen LogP contribution is 2.47. The van der Waals surface area contributed by atoms with Gasteiger partial charge in [-0.15, -0.1) is 0 Å². The van der Waals surface area contributed by atoms with Crippen LogP contribution in [-0.2, 0) is 21.6 Å². The molecule has 0 spiro atoms. The predicted octanol–water partition coefficient (Wildman–Crippen LogP) is 4.61. The van der Waals surface area contributed by atoms with E-state index in [2.05, 4.69) is 44.7 Å². The van der Waals surface area contributed by atoms with Gasteiger partial charge in [0.05, 0.1) is 0 Å². The highest BCUT2D eigenvalue weighted by molar-refractivity contribution is 5.87. The van der Waals surface area contributed by atoms with Crippen molar-refractivity contribution in [2.75, 3.05) is 0 Å². The van der Waals surface area contributed by atoms with Gasteiger partial charge in [-0.05, 0) is 24.5 Å². The number of ether oxygens (including phenoxy) is 1. The van der Waals surface area contributed by atoms with E-state index in [9.17, 15) is 4.79 Å². The number of hydrogen-bond acceptors (Lipinski definition) is 2. The summed E-state index contributed by atoms with van der Waals surface area (Å²) in [6.45, 7) is 9.64. The van der Waals surface area contributed by atoms with Gasteiger partial charge in [0.1, 0.15) is 0 Å². The number of fused-ring (bicyclic) bond motifs is 2. The van der Waals surface area contributed by atoms with Gasteiger partial charge in [0.25, 0.3) is 0 Å². The van der Waals surface area contributed by atoms with Gasteiger partial charge in [-0.1, -0.05) is 69.0 Å². The van der Waals surface area contributed by atoms with Gasteiger partial charge in [-0.25, -0.2) is 4.79 Å². The van der Waals surface area contributed by atoms with Crippen LogP contribution < -0.4 is 0 Å². The maximum absolute atomic E-state index is 12.4. The zero-order chi connectivity index (χ0) is 16.6. The van der Waals surface area contributed by atoms with Crippen LogP contribution in [0.5, 0.6) is 0 Å². The first-order valence-corrected chi connectivity index (χ1v) is 8.02. The van der Waals surface area contributed by atoms with Crippen molar-refractivity contribution in [1.82, 2.24) is 0 Å². The average molecular weight is 306 g/mol. The molecule has 0 aliphatic heterocycles. The second kappa shape index (κ2) is 5.69. The zero-order valence-electron chi connectivity index (χ0n) is 13.9. The Morgan fingerprint density at radius 1 is 1.04 bits per heavy atom. The van der Waals surface area contributed by atoms with Crippen molar-refractivity contribution < 1.29 is 9.53 Å². The lowest BCUT2D eigenvalue weighted by Gasteiger charge is -2.43. The molecule has 0 amide bonds. The lowest BCUT2D eigenvalue weighted by molar-refractivity contribution is -0.156. The van der Waals surface area contributed by atoms with E-state index < -0.39 is 5.60 Å². The molecule has 0 saturated heterocycles. The van der Waals surface area contributed by atoms with E-state index in [-0.39, 0.29) is 11.9 Å². The summed E-state index contributed by atoms with van der Waals surface area (Å²) in [5.74, 6) is -0.237. The summed E-state index contributed by atoms with van der Waals surface area (Å²) in [6.07, 6.45) is 0.867. The summed E-state index contributed by atoms with van der Waals surface area (Å²) in [5.41, 5.74) is 4.27. The number of benzene rings is 2. The second-order valence-corrected chi connectivity index (χ2v) is 6.55. The molecule has 2 heteroatoms. The van der Waals surface area contributed by atoms with E-state index in [1.54, 1.807) is 6.92 Å². The quantitative estimate of drug-likeness (QED) is 0.611. The van der Waals surface area contributed by atoms with Crippen molar-refractivity contribution in [1.29, 1.82) is 0 Å². The van der Waals surface area contributed by atoms with Crippen LogP contribution in [0.25, 0.3) is 0 Å². The van der Waals surface area contributed by atoms with Crippen LogP contribution in [0.3, 0.4) is 0 Å². The van der Waals surface area contributed by atoms with Crippen LogP contribution in [0.15, 0.2) is 60.7 Å². The minimum atomic E-state index is -0.762. The number of hydrogen-bond donors (Lipinski definition) is 0. The summed E-state index contributed by atoms with van der Waals surface area (Å²) >= 11 is 0. The molecule has 2 aromatic rings. The van der Waals surface area contributed by atoms with Gasteiger partial charge < -0.3 is 4.74 Å². The lowest BCUT2D eigenvalue weighted by atomic mass is 9.69. The van der Waals surface area contributed by atoms with Crippen molar-refractivity contribution >= 4 is 5.97 Å². The molecule has 1 aliphatic carbocycles. The maximum Gasteiger partial charge on any atom is 0.334 e. The van der Waals surface area contributed by atoms with E-state index >= 15 is 0 Å². The van der Waals surface area contributed by atoms with Crippen molar-refractivity contribution in [3.63, 3.8) is 0 Å². The molecule has 0 aromatic heterocycles. The summed E-state index contributed by atoms with van der Waals surface area (Å²) in [6, 6.07) is 16.5. The molecule has 0 heterocycles. The summed E-state index contributed by atoms with van der Waals surface area (Å²) in [7, 11) is 0. The molecule has 2 nitrogen and oxygen atoms in total. The van der Waals surface area contributed by atoms with Gasteiger partial charge in [0.15, 0.2) is 5.60 Å². The van der Waals surface area contributed by atoms with Crippen molar-refractivity contribution in [3.05, 3.63) is 82.9 Å². The predicted molar refractivity (Wildman–Crippen MR) is 92.2 cm³/mol. The van der Waals surface area contributed by atoms with Crippen LogP contribution in [0.2, 0.25) is 0 Å². The Kier molecular flexibility index (Phi) is 3.85. The van der Waals surface area contributed by atoms with Crippen LogP contribution in [0, 0.1) is 5.92 Å². The fourth-order valence-electron chi connectivity index (χ4n) is 3.51. The van der Waals surface area contributed by atoms with Crippen molar-refractivity contribution in [2.24, 2.45) is 5.92 Å². The third-order valence-corrected chi connectivity index (χ3v) is 4.63. The maximum atomic E-state index is 12.4. The lowest BCUT2D eigenvalue weighted by Crippen LogP contribution is -2.42. The monoisotopic (exact) mass is 306 g/mol. The molecular formula is C21H22O2. The first-order valence-electron chi connectivity index (χ1n) is 8.02. The van der Waals surface area contributed by atoms with Gasteiger partial charge in [0.2, 0.25) is 0 Å². The Labute approximate surface area is 137 Å². The van der Waals surface area contributed by atoms with Gasteiger partial charge in [-0.3, -0.25) is 0 Å². The minimum absolute atomic E-state index is 0.105. The zero-order valence-corrected chi connectivity index (χ0v) is 13.9. The Morgan fingerprint density at radius 2 is 1.52 bits per heavy atom. The first-order chi connectivity index (χ1) is 11.0. The SMILES string of the molecule is C=C(C)C(=O)OC1(C(C)C)c2ccccc2Cc2ccccc21. The molecule has 1 aliphatic rings. The van der Waals surface area contributed by atoms with Gasteiger partial charge in [0, 0.05) is 22.6 Å². The van der Waals surface area contributed by atoms with Gasteiger partial charge in [-0.2, -0.15) is 0 Å². The highest BCUT2D eigenvalue weighted by atomic mass is 16.6. The van der Waals surface area contributed by atoms with E-state index in [0.717, 1.165) is 17.5 Å². The minimum Gasteiger partial charge on any atom is -0.446 e. The number of carbonyl (C=O) groups is 1. The molecule has 0 saturated carbocycles. The van der Waals surface area contributed by atoms with Crippen LogP contribution in [-0.4, -0.2) is 5.97 Å². The molecule has 0 bridgehead atoms. The Hall–Kier alpha value is -2.35. The Bertz CT molecular complexity index is 725. The topological polar surface area (TPSA) is 26.3 Å². The summed E-state index contributed by atoms with van der Waals surface area (Å²) in [4.78, 5) is 12.4. The molecule has 0 radical (unpaired) electrons. The van der Waals surface area contributed by atoms with E-state index in [1.807, 2.05) is 24.3 Å². The van der Waals surface area contributed by atoms with Crippen LogP contribution in [0.4, 0.5) is 0 Å². The molecule has 3 rings (SSSR count). The van der Waals surface area contributed by atoms with Crippen molar-refractivity contribution in [2.45, 2.75) is 32.8 Å². The van der Waals surface area contributed by atoms with Gasteiger partial charge >= 0.3 is 5.97 Å². The number of esters is 1. The summed E-state index contributed by atoms with van der Waals surface area (Å²) < 4.78 is 6.12. The third kappa shape index (κ3) is 2.39. The van der Waals surface area contributed by atoms with Crippen LogP contribution in [0.1, 0.15) is 43.0 Å². The first kappa shape index (κ1) is 15.5. The Morgan fingerprint density at radius 3 is 1.96 bits per heavy atom. The molecule has 0 unspecified atom stereocenters. The molecule has 0 atom stereocenters. The number of carbonyl (C=O) groups excluding carboxylic acids is 1. The standard InChI is InChI=1S/C21H22O2/c1-14(2)20(22)23-21(15(3)4)18-11-7-5-9-16(18)13-17-10-6-8-12-19(17)21/h5-12,15H,1,13H2,2-4H3. The molecule has 0 N–H and O–H groups in total. The average Bonchev–Trinajstić information content (AvgIpc) is 2.54. The highest BCUT2D eigenvalue weighted by Gasteiger charge is 2.46. The fourth-order valence-corrected chi connectivity index (χ4v) is 3.51. The largest absolute Gasteiger partial charge is 0.446 e.